The van der Waals surface area contributed by atoms with Crippen molar-refractivity contribution >= 4 is 5.97 Å². The molecule has 0 unspecified atom stereocenters. The van der Waals surface area contributed by atoms with Gasteiger partial charge in [0.15, 0.2) is 0 Å². The quantitative estimate of drug-likeness (QED) is 0.571. The molecule has 0 spiro atoms. The third-order valence-electron chi connectivity index (χ3n) is 10.4. The minimum absolute atomic E-state index is 0.0356. The Morgan fingerprint density at radius 3 is 2.34 bits per heavy atom. The van der Waals surface area contributed by atoms with Gasteiger partial charge in [0.25, 0.3) is 0 Å². The van der Waals surface area contributed by atoms with Crippen molar-refractivity contribution in [2.45, 2.75) is 96.9 Å². The second-order valence-electron chi connectivity index (χ2n) is 11.5. The fourth-order valence-electron chi connectivity index (χ4n) is 8.74. The first kappa shape index (κ1) is 21.6. The molecule has 4 aliphatic carbocycles. The van der Waals surface area contributed by atoms with Gasteiger partial charge in [-0.15, -0.1) is 0 Å². The van der Waals surface area contributed by atoms with Crippen molar-refractivity contribution in [2.75, 3.05) is 0 Å². The molecule has 4 rings (SSSR count). The highest BCUT2D eigenvalue weighted by atomic mass is 16.4. The molecular weight excluding hydrogens is 368 g/mol. The van der Waals surface area contributed by atoms with E-state index in [0.29, 0.717) is 29.6 Å². The minimum Gasteiger partial charge on any atom is -0.481 e. The number of carboxylic acid groups (broad SMARTS) is 1. The Kier molecular flexibility index (Phi) is 5.57. The molecule has 0 amide bonds. The summed E-state index contributed by atoms with van der Waals surface area (Å²) in [5.41, 5.74) is 0.287. The number of hydrogen-bond donors (Lipinski definition) is 4. The van der Waals surface area contributed by atoms with E-state index in [9.17, 15) is 20.1 Å². The molecule has 0 aliphatic heterocycles. The normalized spacial score (nSPS) is 51.4. The number of rotatable bonds is 4. The van der Waals surface area contributed by atoms with Crippen LogP contribution in [0.5, 0.6) is 0 Å². The lowest BCUT2D eigenvalue weighted by Crippen LogP contribution is -2.58. The number of carboxylic acids is 1. The van der Waals surface area contributed by atoms with Crippen LogP contribution >= 0.6 is 0 Å². The molecule has 29 heavy (non-hydrogen) atoms. The summed E-state index contributed by atoms with van der Waals surface area (Å²) in [5.74, 6) is 1.03. The van der Waals surface area contributed by atoms with E-state index in [1.54, 1.807) is 0 Å². The zero-order valence-electron chi connectivity index (χ0n) is 18.3. The van der Waals surface area contributed by atoms with Gasteiger partial charge in [-0.05, 0) is 97.7 Å². The Hall–Kier alpha value is -0.650. The molecule has 4 fully saturated rings. The number of aliphatic carboxylic acids is 1. The second kappa shape index (κ2) is 7.49. The zero-order valence-corrected chi connectivity index (χ0v) is 18.3. The Morgan fingerprint density at radius 2 is 1.66 bits per heavy atom. The summed E-state index contributed by atoms with van der Waals surface area (Å²) in [6.45, 7) is 6.79. The van der Waals surface area contributed by atoms with E-state index in [-0.39, 0.29) is 35.4 Å². The average Bonchev–Trinajstić information content (AvgIpc) is 2.99. The fraction of sp³-hybridized carbons (Fsp3) is 0.958. The van der Waals surface area contributed by atoms with E-state index in [0.717, 1.165) is 51.4 Å². The molecule has 4 aliphatic rings. The van der Waals surface area contributed by atoms with Crippen LogP contribution in [0.25, 0.3) is 0 Å². The molecule has 4 saturated carbocycles. The summed E-state index contributed by atoms with van der Waals surface area (Å²) in [6.07, 6.45) is 6.40. The van der Waals surface area contributed by atoms with Gasteiger partial charge in [-0.1, -0.05) is 20.8 Å². The summed E-state index contributed by atoms with van der Waals surface area (Å²) >= 11 is 0. The Balaban J connectivity index is 1.57. The van der Waals surface area contributed by atoms with Gasteiger partial charge in [-0.25, -0.2) is 0 Å². The van der Waals surface area contributed by atoms with Gasteiger partial charge in [0.2, 0.25) is 0 Å². The monoisotopic (exact) mass is 408 g/mol. The zero-order chi connectivity index (χ0) is 21.1. The van der Waals surface area contributed by atoms with Crippen LogP contribution in [-0.2, 0) is 4.79 Å². The molecule has 0 aromatic heterocycles. The van der Waals surface area contributed by atoms with Gasteiger partial charge in [0.1, 0.15) is 0 Å². The van der Waals surface area contributed by atoms with Crippen molar-refractivity contribution in [2.24, 2.45) is 46.3 Å². The van der Waals surface area contributed by atoms with Crippen LogP contribution in [0.4, 0.5) is 0 Å². The van der Waals surface area contributed by atoms with Crippen molar-refractivity contribution in [1.29, 1.82) is 0 Å². The van der Waals surface area contributed by atoms with Crippen LogP contribution in [-0.4, -0.2) is 44.7 Å². The highest BCUT2D eigenvalue weighted by molar-refractivity contribution is 5.67. The number of carbonyl (C=O) groups is 1. The summed E-state index contributed by atoms with van der Waals surface area (Å²) in [6, 6.07) is 0. The molecule has 0 radical (unpaired) electrons. The standard InChI is InChI=1S/C24H40O5/c1-13(19(26)12-21(28)29)16-4-5-17-22-18(7-9-24(16,17)3)23(2)8-6-15(25)10-14(23)11-20(22)27/h13-20,22,25-27H,4-12H2,1-3H3,(H,28,29)/t13-,14-,15+,16+,17+,18+,19-,20+,22-,23-,24+/m0/s1. The van der Waals surface area contributed by atoms with Crippen LogP contribution in [0.2, 0.25) is 0 Å². The van der Waals surface area contributed by atoms with Crippen LogP contribution in [0.3, 0.4) is 0 Å². The molecule has 166 valence electrons. The lowest BCUT2D eigenvalue weighted by atomic mass is 9.43. The van der Waals surface area contributed by atoms with E-state index in [1.165, 1.54) is 0 Å². The summed E-state index contributed by atoms with van der Waals surface area (Å²) in [7, 11) is 0. The maximum absolute atomic E-state index is 11.2. The molecule has 4 N–H and O–H groups in total. The van der Waals surface area contributed by atoms with Crippen LogP contribution in [0.15, 0.2) is 0 Å². The van der Waals surface area contributed by atoms with Crippen LogP contribution in [0.1, 0.15) is 78.6 Å². The number of aliphatic hydroxyl groups is 3. The smallest absolute Gasteiger partial charge is 0.305 e. The van der Waals surface area contributed by atoms with Crippen molar-refractivity contribution in [1.82, 2.24) is 0 Å². The second-order valence-corrected chi connectivity index (χ2v) is 11.5. The summed E-state index contributed by atoms with van der Waals surface area (Å²) in [5, 5.41) is 41.1. The largest absolute Gasteiger partial charge is 0.481 e. The van der Waals surface area contributed by atoms with Crippen LogP contribution < -0.4 is 0 Å². The molecule has 5 heteroatoms. The van der Waals surface area contributed by atoms with Crippen LogP contribution in [0, 0.1) is 46.3 Å². The van der Waals surface area contributed by atoms with Crippen molar-refractivity contribution < 1.29 is 25.2 Å². The van der Waals surface area contributed by atoms with Gasteiger partial charge < -0.3 is 20.4 Å². The third kappa shape index (κ3) is 3.36. The van der Waals surface area contributed by atoms with Gasteiger partial charge in [-0.3, -0.25) is 4.79 Å². The van der Waals surface area contributed by atoms with Gasteiger partial charge in [0, 0.05) is 0 Å². The third-order valence-corrected chi connectivity index (χ3v) is 10.4. The van der Waals surface area contributed by atoms with E-state index < -0.39 is 12.1 Å². The number of hydrogen-bond acceptors (Lipinski definition) is 4. The summed E-state index contributed by atoms with van der Waals surface area (Å²) in [4.78, 5) is 11.1. The first-order valence-electron chi connectivity index (χ1n) is 11.8. The number of fused-ring (bicyclic) bond motifs is 5. The molecule has 0 bridgehead atoms. The highest BCUT2D eigenvalue weighted by Crippen LogP contribution is 2.68. The average molecular weight is 409 g/mol. The van der Waals surface area contributed by atoms with Crippen molar-refractivity contribution in [3.05, 3.63) is 0 Å². The van der Waals surface area contributed by atoms with Crippen molar-refractivity contribution in [3.63, 3.8) is 0 Å². The highest BCUT2D eigenvalue weighted by Gasteiger charge is 2.63. The maximum Gasteiger partial charge on any atom is 0.305 e. The first-order chi connectivity index (χ1) is 13.6. The predicted octanol–water partition coefficient (Wildman–Crippen LogP) is 3.45. The van der Waals surface area contributed by atoms with Crippen molar-refractivity contribution in [3.8, 4) is 0 Å². The Labute approximate surface area is 174 Å². The van der Waals surface area contributed by atoms with E-state index in [1.807, 2.05) is 6.92 Å². The molecule has 0 aromatic rings. The fourth-order valence-corrected chi connectivity index (χ4v) is 8.74. The Morgan fingerprint density at radius 1 is 1.00 bits per heavy atom. The Bertz CT molecular complexity index is 637. The molecule has 0 saturated heterocycles. The number of aliphatic hydroxyl groups excluding tert-OH is 3. The SMILES string of the molecule is C[C@@H]([C@H]1CC[C@@H]2[C@@H]3[C@H](O)C[C@@H]4C[C@H](O)CC[C@]4(C)[C@@H]3CC[C@]12C)[C@@H](O)CC(=O)O. The van der Waals surface area contributed by atoms with Gasteiger partial charge in [0.05, 0.1) is 24.7 Å². The minimum atomic E-state index is -0.936. The molecule has 0 heterocycles. The first-order valence-corrected chi connectivity index (χ1v) is 11.8. The molecular formula is C24H40O5. The lowest BCUT2D eigenvalue weighted by molar-refractivity contribution is -0.175. The van der Waals surface area contributed by atoms with E-state index in [2.05, 4.69) is 13.8 Å². The van der Waals surface area contributed by atoms with Gasteiger partial charge in [-0.2, -0.15) is 0 Å². The molecule has 0 aromatic carbocycles. The van der Waals surface area contributed by atoms with E-state index >= 15 is 0 Å². The summed E-state index contributed by atoms with van der Waals surface area (Å²) < 4.78 is 0. The van der Waals surface area contributed by atoms with Gasteiger partial charge >= 0.3 is 5.97 Å². The maximum atomic E-state index is 11.2. The molecule has 5 nitrogen and oxygen atoms in total. The lowest BCUT2D eigenvalue weighted by Gasteiger charge is -2.62. The molecule has 11 atom stereocenters. The topological polar surface area (TPSA) is 98.0 Å². The van der Waals surface area contributed by atoms with E-state index in [4.69, 9.17) is 5.11 Å². The predicted molar refractivity (Wildman–Crippen MR) is 110 cm³/mol.